The topological polar surface area (TPSA) is 52.6 Å². The fourth-order valence-electron chi connectivity index (χ4n) is 4.12. The van der Waals surface area contributed by atoms with E-state index in [1.54, 1.807) is 0 Å². The van der Waals surface area contributed by atoms with E-state index >= 15 is 0 Å². The van der Waals surface area contributed by atoms with Crippen molar-refractivity contribution in [2.24, 2.45) is 10.9 Å². The molecular formula is C19H37N5O2. The third-order valence-corrected chi connectivity index (χ3v) is 5.76. The molecule has 3 fully saturated rings. The quantitative estimate of drug-likeness (QED) is 0.558. The summed E-state index contributed by atoms with van der Waals surface area (Å²) in [6.45, 7) is 12.6. The lowest BCUT2D eigenvalue weighted by Gasteiger charge is -2.37. The van der Waals surface area contributed by atoms with Gasteiger partial charge in [0.1, 0.15) is 6.10 Å². The van der Waals surface area contributed by atoms with Gasteiger partial charge >= 0.3 is 0 Å². The fraction of sp³-hybridized carbons (Fsp3) is 0.947. The molecule has 0 radical (unpaired) electrons. The molecule has 0 saturated carbocycles. The van der Waals surface area contributed by atoms with Crippen molar-refractivity contribution in [1.29, 1.82) is 0 Å². The summed E-state index contributed by atoms with van der Waals surface area (Å²) < 4.78 is 11.8. The SMILES string of the molecule is CN=C(NCC(C)CN1CCN(C)CC1)N1CCOC(C2CCCO2)C1. The van der Waals surface area contributed by atoms with Crippen molar-refractivity contribution in [3.05, 3.63) is 0 Å². The van der Waals surface area contributed by atoms with Gasteiger partial charge in [-0.25, -0.2) is 0 Å². The summed E-state index contributed by atoms with van der Waals surface area (Å²) >= 11 is 0. The Morgan fingerprint density at radius 2 is 1.88 bits per heavy atom. The van der Waals surface area contributed by atoms with Gasteiger partial charge in [-0.3, -0.25) is 4.99 Å². The predicted octanol–water partition coefficient (Wildman–Crippen LogP) is 0.325. The Hall–Kier alpha value is -0.890. The molecule has 0 aromatic rings. The molecule has 3 aliphatic rings. The second-order valence-electron chi connectivity index (χ2n) is 8.04. The Bertz CT molecular complexity index is 447. The van der Waals surface area contributed by atoms with Crippen LogP contribution in [0, 0.1) is 5.92 Å². The van der Waals surface area contributed by atoms with Crippen LogP contribution in [0.3, 0.4) is 0 Å². The van der Waals surface area contributed by atoms with Crippen LogP contribution in [-0.2, 0) is 9.47 Å². The Morgan fingerprint density at radius 3 is 2.58 bits per heavy atom. The molecule has 3 saturated heterocycles. The Labute approximate surface area is 158 Å². The number of likely N-dealkylation sites (N-methyl/N-ethyl adjacent to an activating group) is 1. The molecule has 3 rings (SSSR count). The van der Waals surface area contributed by atoms with Crippen LogP contribution in [0.5, 0.6) is 0 Å². The summed E-state index contributed by atoms with van der Waals surface area (Å²) in [7, 11) is 4.09. The van der Waals surface area contributed by atoms with E-state index < -0.39 is 0 Å². The molecule has 0 bridgehead atoms. The van der Waals surface area contributed by atoms with Crippen LogP contribution < -0.4 is 5.32 Å². The van der Waals surface area contributed by atoms with Gasteiger partial charge in [-0.15, -0.1) is 0 Å². The largest absolute Gasteiger partial charge is 0.375 e. The molecule has 0 aromatic carbocycles. The number of hydrogen-bond donors (Lipinski definition) is 1. The minimum absolute atomic E-state index is 0.174. The molecule has 26 heavy (non-hydrogen) atoms. The molecule has 0 amide bonds. The van der Waals surface area contributed by atoms with E-state index in [0.717, 1.165) is 58.2 Å². The highest BCUT2D eigenvalue weighted by molar-refractivity contribution is 5.80. The van der Waals surface area contributed by atoms with Crippen LogP contribution in [-0.4, -0.2) is 113 Å². The molecule has 7 heteroatoms. The highest BCUT2D eigenvalue weighted by atomic mass is 16.5. The monoisotopic (exact) mass is 367 g/mol. The summed E-state index contributed by atoms with van der Waals surface area (Å²) in [6, 6.07) is 0. The average Bonchev–Trinajstić information content (AvgIpc) is 3.19. The van der Waals surface area contributed by atoms with Crippen molar-refractivity contribution in [2.75, 3.05) is 79.7 Å². The predicted molar refractivity (Wildman–Crippen MR) is 105 cm³/mol. The summed E-state index contributed by atoms with van der Waals surface area (Å²) in [4.78, 5) is 11.8. The number of nitrogens with zero attached hydrogens (tertiary/aromatic N) is 4. The molecule has 3 atom stereocenters. The van der Waals surface area contributed by atoms with Crippen LogP contribution in [0.4, 0.5) is 0 Å². The lowest BCUT2D eigenvalue weighted by atomic mass is 10.1. The normalized spacial score (nSPS) is 30.6. The number of piperazine rings is 1. The maximum Gasteiger partial charge on any atom is 0.193 e. The molecule has 0 aliphatic carbocycles. The number of rotatable bonds is 5. The van der Waals surface area contributed by atoms with E-state index in [-0.39, 0.29) is 12.2 Å². The number of nitrogens with one attached hydrogen (secondary N) is 1. The Balaban J connectivity index is 1.42. The molecule has 3 heterocycles. The van der Waals surface area contributed by atoms with E-state index in [4.69, 9.17) is 9.47 Å². The number of ether oxygens (including phenoxy) is 2. The molecule has 7 nitrogen and oxygen atoms in total. The fourth-order valence-corrected chi connectivity index (χ4v) is 4.12. The smallest absolute Gasteiger partial charge is 0.193 e. The lowest BCUT2D eigenvalue weighted by Crippen LogP contribution is -2.54. The molecule has 3 aliphatic heterocycles. The number of morpholine rings is 1. The third-order valence-electron chi connectivity index (χ3n) is 5.76. The molecule has 0 spiro atoms. The van der Waals surface area contributed by atoms with E-state index in [1.165, 1.54) is 26.2 Å². The van der Waals surface area contributed by atoms with Crippen molar-refractivity contribution in [2.45, 2.75) is 32.0 Å². The van der Waals surface area contributed by atoms with Gasteiger partial charge in [0.15, 0.2) is 5.96 Å². The van der Waals surface area contributed by atoms with Gasteiger partial charge in [-0.05, 0) is 25.8 Å². The first-order valence-electron chi connectivity index (χ1n) is 10.3. The molecule has 0 aromatic heterocycles. The lowest BCUT2D eigenvalue weighted by molar-refractivity contribution is -0.0817. The van der Waals surface area contributed by atoms with Gasteiger partial charge in [0.2, 0.25) is 0 Å². The molecule has 150 valence electrons. The van der Waals surface area contributed by atoms with Gasteiger partial charge < -0.3 is 29.5 Å². The van der Waals surface area contributed by atoms with Crippen LogP contribution in [0.2, 0.25) is 0 Å². The van der Waals surface area contributed by atoms with Crippen molar-refractivity contribution in [3.63, 3.8) is 0 Å². The van der Waals surface area contributed by atoms with Crippen LogP contribution >= 0.6 is 0 Å². The number of guanidine groups is 1. The molecule has 3 unspecified atom stereocenters. The van der Waals surface area contributed by atoms with Crippen LogP contribution in [0.25, 0.3) is 0 Å². The zero-order valence-corrected chi connectivity index (χ0v) is 16.8. The summed E-state index contributed by atoms with van der Waals surface area (Å²) in [5.41, 5.74) is 0. The van der Waals surface area contributed by atoms with Crippen molar-refractivity contribution >= 4 is 5.96 Å². The highest BCUT2D eigenvalue weighted by Gasteiger charge is 2.32. The molecular weight excluding hydrogens is 330 g/mol. The minimum Gasteiger partial charge on any atom is -0.375 e. The first kappa shape index (κ1) is 19.9. The first-order chi connectivity index (χ1) is 12.7. The van der Waals surface area contributed by atoms with E-state index in [9.17, 15) is 0 Å². The zero-order valence-electron chi connectivity index (χ0n) is 16.8. The van der Waals surface area contributed by atoms with Crippen LogP contribution in [0.15, 0.2) is 4.99 Å². The van der Waals surface area contributed by atoms with Gasteiger partial charge in [-0.1, -0.05) is 6.92 Å². The summed E-state index contributed by atoms with van der Waals surface area (Å²) in [5, 5.41) is 3.59. The maximum absolute atomic E-state index is 5.96. The second kappa shape index (κ2) is 9.88. The van der Waals surface area contributed by atoms with Crippen molar-refractivity contribution < 1.29 is 9.47 Å². The maximum atomic E-state index is 5.96. The molecule has 1 N–H and O–H groups in total. The second-order valence-corrected chi connectivity index (χ2v) is 8.04. The van der Waals surface area contributed by atoms with Gasteiger partial charge in [0, 0.05) is 66.0 Å². The van der Waals surface area contributed by atoms with Gasteiger partial charge in [0.05, 0.1) is 12.7 Å². The number of hydrogen-bond acceptors (Lipinski definition) is 5. The zero-order chi connectivity index (χ0) is 18.4. The van der Waals surface area contributed by atoms with Crippen molar-refractivity contribution in [3.8, 4) is 0 Å². The van der Waals surface area contributed by atoms with E-state index in [2.05, 4.69) is 39.0 Å². The van der Waals surface area contributed by atoms with E-state index in [1.807, 2.05) is 7.05 Å². The summed E-state index contributed by atoms with van der Waals surface area (Å²) in [6.07, 6.45) is 2.70. The minimum atomic E-state index is 0.174. The summed E-state index contributed by atoms with van der Waals surface area (Å²) in [5.74, 6) is 1.60. The Morgan fingerprint density at radius 1 is 1.12 bits per heavy atom. The van der Waals surface area contributed by atoms with Crippen molar-refractivity contribution in [1.82, 2.24) is 20.0 Å². The Kier molecular flexibility index (Phi) is 7.54. The third kappa shape index (κ3) is 5.55. The highest BCUT2D eigenvalue weighted by Crippen LogP contribution is 2.21. The standard InChI is InChI=1S/C19H37N5O2/c1-16(14-23-8-6-22(3)7-9-23)13-21-19(20-2)24-10-12-26-18(15-24)17-5-4-11-25-17/h16-18H,4-15H2,1-3H3,(H,20,21). The van der Waals surface area contributed by atoms with Gasteiger partial charge in [0.25, 0.3) is 0 Å². The van der Waals surface area contributed by atoms with E-state index in [0.29, 0.717) is 5.92 Å². The van der Waals surface area contributed by atoms with Crippen LogP contribution in [0.1, 0.15) is 19.8 Å². The number of aliphatic imine (C=N–C) groups is 1. The first-order valence-corrected chi connectivity index (χ1v) is 10.3. The van der Waals surface area contributed by atoms with Gasteiger partial charge in [-0.2, -0.15) is 0 Å². The average molecular weight is 368 g/mol.